The summed E-state index contributed by atoms with van der Waals surface area (Å²) in [6.07, 6.45) is 6.33. The highest BCUT2D eigenvalue weighted by molar-refractivity contribution is 6.03. The van der Waals surface area contributed by atoms with Crippen molar-refractivity contribution in [2.24, 2.45) is 5.73 Å². The Balaban J connectivity index is 1.79. The van der Waals surface area contributed by atoms with Crippen LogP contribution in [0.25, 0.3) is 0 Å². The van der Waals surface area contributed by atoms with Crippen LogP contribution in [0.2, 0.25) is 0 Å². The summed E-state index contributed by atoms with van der Waals surface area (Å²) in [6.45, 7) is 0. The average Bonchev–Trinajstić information content (AvgIpc) is 3.08. The molecular formula is C15H19NO2. The first-order valence-electron chi connectivity index (χ1n) is 6.78. The van der Waals surface area contributed by atoms with Crippen LogP contribution in [-0.2, 0) is 0 Å². The average molecular weight is 245 g/mol. The van der Waals surface area contributed by atoms with Crippen LogP contribution in [0.15, 0.2) is 24.3 Å². The maximum atomic E-state index is 12.4. The van der Waals surface area contributed by atoms with Crippen LogP contribution in [-0.4, -0.2) is 17.4 Å². The Morgan fingerprint density at radius 2 is 2.00 bits per heavy atom. The largest absolute Gasteiger partial charge is 0.490 e. The lowest BCUT2D eigenvalue weighted by Crippen LogP contribution is -2.45. The van der Waals surface area contributed by atoms with E-state index in [0.29, 0.717) is 11.7 Å². The van der Waals surface area contributed by atoms with Crippen LogP contribution in [0.4, 0.5) is 0 Å². The van der Waals surface area contributed by atoms with Crippen LogP contribution in [0, 0.1) is 0 Å². The molecule has 0 aliphatic heterocycles. The Morgan fingerprint density at radius 3 is 2.67 bits per heavy atom. The van der Waals surface area contributed by atoms with Gasteiger partial charge >= 0.3 is 0 Å². The highest BCUT2D eigenvalue weighted by Crippen LogP contribution is 2.32. The van der Waals surface area contributed by atoms with E-state index < -0.39 is 5.54 Å². The van der Waals surface area contributed by atoms with E-state index in [1.54, 1.807) is 0 Å². The number of Topliss-reactive ketones (excluding diaryl/α,β-unsaturated/α-hetero) is 1. The molecule has 0 aromatic heterocycles. The van der Waals surface area contributed by atoms with E-state index in [1.165, 1.54) is 0 Å². The molecule has 0 heterocycles. The van der Waals surface area contributed by atoms with Gasteiger partial charge in [-0.3, -0.25) is 4.79 Å². The molecule has 0 unspecified atom stereocenters. The molecule has 0 amide bonds. The monoisotopic (exact) mass is 245 g/mol. The Labute approximate surface area is 107 Å². The van der Waals surface area contributed by atoms with Crippen molar-refractivity contribution in [1.29, 1.82) is 0 Å². The molecule has 2 saturated carbocycles. The van der Waals surface area contributed by atoms with Gasteiger partial charge in [0.25, 0.3) is 0 Å². The van der Waals surface area contributed by atoms with Crippen molar-refractivity contribution in [2.75, 3.05) is 0 Å². The first kappa shape index (κ1) is 11.7. The Kier molecular flexibility index (Phi) is 2.86. The molecule has 96 valence electrons. The lowest BCUT2D eigenvalue weighted by Gasteiger charge is -2.22. The van der Waals surface area contributed by atoms with Crippen molar-refractivity contribution >= 4 is 5.78 Å². The molecule has 2 aliphatic carbocycles. The first-order valence-corrected chi connectivity index (χ1v) is 6.78. The summed E-state index contributed by atoms with van der Waals surface area (Å²) in [5.74, 6) is 0.867. The fourth-order valence-electron chi connectivity index (χ4n) is 2.61. The van der Waals surface area contributed by atoms with Gasteiger partial charge in [-0.2, -0.15) is 0 Å². The van der Waals surface area contributed by atoms with Crippen molar-refractivity contribution < 1.29 is 9.53 Å². The van der Waals surface area contributed by atoms with E-state index in [-0.39, 0.29) is 5.78 Å². The van der Waals surface area contributed by atoms with Crippen LogP contribution in [0.5, 0.6) is 5.75 Å². The minimum absolute atomic E-state index is 0.0706. The maximum absolute atomic E-state index is 12.4. The molecule has 18 heavy (non-hydrogen) atoms. The highest BCUT2D eigenvalue weighted by Gasteiger charge is 2.37. The lowest BCUT2D eigenvalue weighted by atomic mass is 9.89. The van der Waals surface area contributed by atoms with Gasteiger partial charge in [0.2, 0.25) is 0 Å². The summed E-state index contributed by atoms with van der Waals surface area (Å²) < 4.78 is 5.72. The number of carbonyl (C=O) groups excluding carboxylic acids is 1. The van der Waals surface area contributed by atoms with Crippen molar-refractivity contribution in [2.45, 2.75) is 50.2 Å². The second kappa shape index (κ2) is 4.39. The number of hydrogen-bond acceptors (Lipinski definition) is 3. The summed E-state index contributed by atoms with van der Waals surface area (Å²) >= 11 is 0. The number of ketones is 1. The first-order chi connectivity index (χ1) is 8.67. The topological polar surface area (TPSA) is 52.3 Å². The standard InChI is InChI=1S/C15H19NO2/c16-15(8-1-2-9-15)14(17)11-4-3-5-13(10-11)18-12-6-7-12/h3-5,10,12H,1-2,6-9,16H2. The van der Waals surface area contributed by atoms with Gasteiger partial charge in [-0.1, -0.05) is 25.0 Å². The molecule has 3 rings (SSSR count). The second-order valence-electron chi connectivity index (χ2n) is 5.54. The zero-order valence-corrected chi connectivity index (χ0v) is 10.5. The second-order valence-corrected chi connectivity index (χ2v) is 5.54. The van der Waals surface area contributed by atoms with Gasteiger partial charge in [0.15, 0.2) is 5.78 Å². The minimum Gasteiger partial charge on any atom is -0.490 e. The highest BCUT2D eigenvalue weighted by atomic mass is 16.5. The fourth-order valence-corrected chi connectivity index (χ4v) is 2.61. The molecule has 0 bridgehead atoms. The van der Waals surface area contributed by atoms with Gasteiger partial charge in [0.05, 0.1) is 11.6 Å². The fraction of sp³-hybridized carbons (Fsp3) is 0.533. The normalized spacial score (nSPS) is 21.8. The molecule has 2 aliphatic rings. The summed E-state index contributed by atoms with van der Waals surface area (Å²) in [6, 6.07) is 7.47. The third kappa shape index (κ3) is 2.27. The summed E-state index contributed by atoms with van der Waals surface area (Å²) in [5, 5.41) is 0. The number of hydrogen-bond donors (Lipinski definition) is 1. The predicted molar refractivity (Wildman–Crippen MR) is 69.8 cm³/mol. The Bertz CT molecular complexity index is 459. The quantitative estimate of drug-likeness (QED) is 0.830. The minimum atomic E-state index is -0.641. The van der Waals surface area contributed by atoms with Crippen molar-refractivity contribution in [3.05, 3.63) is 29.8 Å². The van der Waals surface area contributed by atoms with Crippen molar-refractivity contribution in [1.82, 2.24) is 0 Å². The van der Waals surface area contributed by atoms with E-state index in [9.17, 15) is 4.79 Å². The molecule has 3 nitrogen and oxygen atoms in total. The zero-order valence-electron chi connectivity index (χ0n) is 10.5. The molecule has 2 N–H and O–H groups in total. The Hall–Kier alpha value is -1.35. The van der Waals surface area contributed by atoms with Gasteiger partial charge in [0.1, 0.15) is 5.75 Å². The van der Waals surface area contributed by atoms with Crippen LogP contribution < -0.4 is 10.5 Å². The van der Waals surface area contributed by atoms with Gasteiger partial charge in [-0.05, 0) is 37.8 Å². The van der Waals surface area contributed by atoms with Gasteiger partial charge < -0.3 is 10.5 Å². The molecule has 1 aromatic carbocycles. The third-order valence-corrected chi connectivity index (χ3v) is 3.87. The SMILES string of the molecule is NC1(C(=O)c2cccc(OC3CC3)c2)CCCC1. The maximum Gasteiger partial charge on any atom is 0.182 e. The zero-order chi connectivity index (χ0) is 12.6. The number of nitrogens with two attached hydrogens (primary N) is 1. The molecule has 0 radical (unpaired) electrons. The van der Waals surface area contributed by atoms with Crippen molar-refractivity contribution in [3.63, 3.8) is 0 Å². The number of ether oxygens (including phenoxy) is 1. The van der Waals surface area contributed by atoms with E-state index in [4.69, 9.17) is 10.5 Å². The van der Waals surface area contributed by atoms with Gasteiger partial charge in [-0.25, -0.2) is 0 Å². The number of benzene rings is 1. The summed E-state index contributed by atoms with van der Waals surface area (Å²) in [5.41, 5.74) is 6.26. The van der Waals surface area contributed by atoms with E-state index in [2.05, 4.69) is 0 Å². The Morgan fingerprint density at radius 1 is 1.28 bits per heavy atom. The van der Waals surface area contributed by atoms with Crippen molar-refractivity contribution in [3.8, 4) is 5.75 Å². The van der Waals surface area contributed by atoms with Crippen LogP contribution in [0.3, 0.4) is 0 Å². The predicted octanol–water partition coefficient (Wildman–Crippen LogP) is 2.68. The summed E-state index contributed by atoms with van der Waals surface area (Å²) in [4.78, 5) is 12.4. The lowest BCUT2D eigenvalue weighted by molar-refractivity contribution is 0.0891. The van der Waals surface area contributed by atoms with E-state index in [1.807, 2.05) is 24.3 Å². The molecule has 0 atom stereocenters. The van der Waals surface area contributed by atoms with Crippen LogP contribution >= 0.6 is 0 Å². The number of rotatable bonds is 4. The molecule has 3 heteroatoms. The number of carbonyl (C=O) groups is 1. The van der Waals surface area contributed by atoms with Crippen LogP contribution in [0.1, 0.15) is 48.9 Å². The van der Waals surface area contributed by atoms with Gasteiger partial charge in [0, 0.05) is 5.56 Å². The molecular weight excluding hydrogens is 226 g/mol. The molecule has 2 fully saturated rings. The summed E-state index contributed by atoms with van der Waals surface area (Å²) in [7, 11) is 0. The molecule has 1 aromatic rings. The smallest absolute Gasteiger partial charge is 0.182 e. The van der Waals surface area contributed by atoms with E-state index in [0.717, 1.165) is 44.3 Å². The third-order valence-electron chi connectivity index (χ3n) is 3.87. The van der Waals surface area contributed by atoms with E-state index >= 15 is 0 Å². The molecule has 0 saturated heterocycles. The molecule has 0 spiro atoms. The van der Waals surface area contributed by atoms with Gasteiger partial charge in [-0.15, -0.1) is 0 Å².